The minimum Gasteiger partial charge on any atom is -0.208 e. The van der Waals surface area contributed by atoms with Gasteiger partial charge < -0.3 is 0 Å². The van der Waals surface area contributed by atoms with Gasteiger partial charge in [0.1, 0.15) is 0 Å². The molecular formula is C38H32N4. The van der Waals surface area contributed by atoms with Gasteiger partial charge >= 0.3 is 0 Å². The molecule has 0 atom stereocenters. The lowest BCUT2D eigenvalue weighted by Gasteiger charge is -2.57. The van der Waals surface area contributed by atoms with Gasteiger partial charge in [-0.15, -0.1) is 0 Å². The van der Waals surface area contributed by atoms with Crippen molar-refractivity contribution in [2.24, 2.45) is 17.8 Å². The molecule has 4 aromatic carbocycles. The predicted molar refractivity (Wildman–Crippen MR) is 166 cm³/mol. The van der Waals surface area contributed by atoms with Crippen LogP contribution in [0.1, 0.15) is 49.7 Å². The molecule has 1 heterocycles. The lowest BCUT2D eigenvalue weighted by molar-refractivity contribution is -0.00518. The molecule has 4 fully saturated rings. The van der Waals surface area contributed by atoms with Crippen LogP contribution in [0.4, 0.5) is 0 Å². The predicted octanol–water partition coefficient (Wildman–Crippen LogP) is 8.88. The van der Waals surface area contributed by atoms with Crippen LogP contribution < -0.4 is 0 Å². The number of aromatic nitrogens is 3. The van der Waals surface area contributed by atoms with E-state index in [2.05, 4.69) is 54.6 Å². The van der Waals surface area contributed by atoms with Crippen LogP contribution in [0.3, 0.4) is 0 Å². The number of hydrogen-bond acceptors (Lipinski definition) is 4. The fourth-order valence-corrected chi connectivity index (χ4v) is 8.34. The van der Waals surface area contributed by atoms with Crippen molar-refractivity contribution in [3.8, 4) is 51.4 Å². The molecule has 1 aromatic heterocycles. The van der Waals surface area contributed by atoms with Crippen molar-refractivity contribution >= 4 is 0 Å². The summed E-state index contributed by atoms with van der Waals surface area (Å²) in [7, 11) is 0. The smallest absolute Gasteiger partial charge is 0.164 e. The topological polar surface area (TPSA) is 62.5 Å². The van der Waals surface area contributed by atoms with Gasteiger partial charge in [0.05, 0.1) is 11.6 Å². The van der Waals surface area contributed by atoms with Gasteiger partial charge in [0.25, 0.3) is 0 Å². The molecule has 42 heavy (non-hydrogen) atoms. The average Bonchev–Trinajstić information content (AvgIpc) is 3.04. The van der Waals surface area contributed by atoms with Crippen molar-refractivity contribution in [1.82, 2.24) is 15.0 Å². The third kappa shape index (κ3) is 4.50. The Morgan fingerprint density at radius 1 is 0.500 bits per heavy atom. The fraction of sp³-hybridized carbons (Fsp3) is 0.263. The first-order valence-electron chi connectivity index (χ1n) is 15.2. The highest BCUT2D eigenvalue weighted by molar-refractivity contribution is 5.70. The second-order valence-electron chi connectivity index (χ2n) is 12.7. The highest BCUT2D eigenvalue weighted by Crippen LogP contribution is 2.60. The van der Waals surface area contributed by atoms with Crippen LogP contribution in [0.15, 0.2) is 103 Å². The van der Waals surface area contributed by atoms with Crippen molar-refractivity contribution in [2.75, 3.05) is 0 Å². The molecule has 4 aliphatic rings. The van der Waals surface area contributed by atoms with E-state index in [4.69, 9.17) is 20.2 Å². The molecule has 0 amide bonds. The van der Waals surface area contributed by atoms with Crippen LogP contribution in [0.25, 0.3) is 45.3 Å². The van der Waals surface area contributed by atoms with Gasteiger partial charge in [-0.1, -0.05) is 91.0 Å². The Bertz CT molecular complexity index is 1750. The lowest BCUT2D eigenvalue weighted by atomic mass is 9.48. The minimum absolute atomic E-state index is 0.378. The Hall–Kier alpha value is -4.62. The molecule has 204 valence electrons. The van der Waals surface area contributed by atoms with Gasteiger partial charge in [0.2, 0.25) is 0 Å². The molecule has 0 spiro atoms. The van der Waals surface area contributed by atoms with E-state index in [1.165, 1.54) is 44.1 Å². The first-order valence-corrected chi connectivity index (χ1v) is 15.2. The van der Waals surface area contributed by atoms with E-state index in [0.29, 0.717) is 28.5 Å². The van der Waals surface area contributed by atoms with Gasteiger partial charge in [-0.05, 0) is 90.5 Å². The molecule has 0 unspecified atom stereocenters. The summed E-state index contributed by atoms with van der Waals surface area (Å²) in [6, 6.07) is 37.5. The zero-order valence-electron chi connectivity index (χ0n) is 23.6. The molecule has 4 nitrogen and oxygen atoms in total. The molecule has 0 aliphatic heterocycles. The summed E-state index contributed by atoms with van der Waals surface area (Å²) in [4.78, 5) is 14.9. The van der Waals surface area contributed by atoms with E-state index in [0.717, 1.165) is 45.6 Å². The molecule has 4 saturated carbocycles. The molecule has 4 bridgehead atoms. The standard InChI is InChI=1S/C38H32N4/c39-24-25-6-8-29(9-7-25)30-10-12-32(13-11-30)36-40-35(31-4-2-1-3-5-31)41-37(42-36)33-14-16-34(17-15-33)38-21-26-18-27(22-38)20-28(19-26)23-38/h1-17,26-28H,18-23H2. The van der Waals surface area contributed by atoms with Crippen LogP contribution in [0.5, 0.6) is 0 Å². The SMILES string of the molecule is N#Cc1ccc(-c2ccc(-c3nc(-c4ccccc4)nc(-c4ccc(C56CC7CC(CC(C7)C5)C6)cc4)n3)cc2)cc1. The van der Waals surface area contributed by atoms with Crippen molar-refractivity contribution in [2.45, 2.75) is 43.9 Å². The van der Waals surface area contributed by atoms with E-state index in [1.54, 1.807) is 0 Å². The van der Waals surface area contributed by atoms with Crippen molar-refractivity contribution < 1.29 is 0 Å². The Kier molecular flexibility index (Phi) is 6.00. The summed E-state index contributed by atoms with van der Waals surface area (Å²) >= 11 is 0. The maximum absolute atomic E-state index is 9.12. The van der Waals surface area contributed by atoms with Gasteiger partial charge in [-0.25, -0.2) is 15.0 Å². The molecule has 0 N–H and O–H groups in total. The first-order chi connectivity index (χ1) is 20.6. The summed E-state index contributed by atoms with van der Waals surface area (Å²) in [5, 5.41) is 9.12. The second kappa shape index (κ2) is 10.0. The highest BCUT2D eigenvalue weighted by Gasteiger charge is 2.51. The van der Waals surface area contributed by atoms with Gasteiger partial charge in [0.15, 0.2) is 17.5 Å². The Morgan fingerprint density at radius 3 is 1.38 bits per heavy atom. The molecule has 9 rings (SSSR count). The second-order valence-corrected chi connectivity index (χ2v) is 12.7. The Labute approximate surface area is 247 Å². The number of nitriles is 1. The lowest BCUT2D eigenvalue weighted by Crippen LogP contribution is -2.48. The number of hydrogen-bond donors (Lipinski definition) is 0. The van der Waals surface area contributed by atoms with Crippen molar-refractivity contribution in [3.05, 3.63) is 114 Å². The van der Waals surface area contributed by atoms with Crippen LogP contribution in [0, 0.1) is 29.1 Å². The van der Waals surface area contributed by atoms with Crippen LogP contribution in [-0.2, 0) is 5.41 Å². The summed E-state index contributed by atoms with van der Waals surface area (Å²) in [6.45, 7) is 0. The third-order valence-electron chi connectivity index (χ3n) is 9.95. The number of nitrogens with zero attached hydrogens (tertiary/aromatic N) is 4. The Balaban J connectivity index is 1.14. The van der Waals surface area contributed by atoms with Gasteiger partial charge in [-0.2, -0.15) is 5.26 Å². The highest BCUT2D eigenvalue weighted by atomic mass is 15.0. The largest absolute Gasteiger partial charge is 0.208 e. The molecular weight excluding hydrogens is 512 g/mol. The van der Waals surface area contributed by atoms with Crippen LogP contribution >= 0.6 is 0 Å². The zero-order chi connectivity index (χ0) is 28.1. The van der Waals surface area contributed by atoms with Crippen molar-refractivity contribution in [3.63, 3.8) is 0 Å². The number of rotatable bonds is 5. The molecule has 5 aromatic rings. The monoisotopic (exact) mass is 544 g/mol. The quantitative estimate of drug-likeness (QED) is 0.222. The summed E-state index contributed by atoms with van der Waals surface area (Å²) in [5.41, 5.74) is 7.65. The van der Waals surface area contributed by atoms with Crippen LogP contribution in [0.2, 0.25) is 0 Å². The van der Waals surface area contributed by atoms with Crippen LogP contribution in [-0.4, -0.2) is 15.0 Å². The summed E-state index contributed by atoms with van der Waals surface area (Å²) < 4.78 is 0. The minimum atomic E-state index is 0.378. The van der Waals surface area contributed by atoms with Gasteiger partial charge in [0, 0.05) is 16.7 Å². The maximum Gasteiger partial charge on any atom is 0.164 e. The normalized spacial score (nSPS) is 23.9. The summed E-state index contributed by atoms with van der Waals surface area (Å²) in [6.07, 6.45) is 8.48. The molecule has 0 radical (unpaired) electrons. The van der Waals surface area contributed by atoms with E-state index < -0.39 is 0 Å². The molecule has 4 aliphatic carbocycles. The van der Waals surface area contributed by atoms with E-state index in [9.17, 15) is 0 Å². The molecule has 4 heteroatoms. The zero-order valence-corrected chi connectivity index (χ0v) is 23.6. The maximum atomic E-state index is 9.12. The Morgan fingerprint density at radius 2 is 0.905 bits per heavy atom. The van der Waals surface area contributed by atoms with Crippen molar-refractivity contribution in [1.29, 1.82) is 5.26 Å². The first kappa shape index (κ1) is 25.1. The van der Waals surface area contributed by atoms with E-state index in [-0.39, 0.29) is 0 Å². The third-order valence-corrected chi connectivity index (χ3v) is 9.95. The summed E-state index contributed by atoms with van der Waals surface area (Å²) in [5.74, 6) is 4.83. The van der Waals surface area contributed by atoms with Gasteiger partial charge in [-0.3, -0.25) is 0 Å². The van der Waals surface area contributed by atoms with E-state index in [1.807, 2.05) is 54.6 Å². The molecule has 0 saturated heterocycles. The fourth-order valence-electron chi connectivity index (χ4n) is 8.34. The number of benzene rings is 4. The van der Waals surface area contributed by atoms with E-state index >= 15 is 0 Å². The average molecular weight is 545 g/mol.